The number of piperazine rings is 1. The summed E-state index contributed by atoms with van der Waals surface area (Å²) in [4.78, 5) is 26.5. The van der Waals surface area contributed by atoms with Crippen molar-refractivity contribution in [2.75, 3.05) is 50.1 Å². The Morgan fingerprint density at radius 3 is 2.67 bits per heavy atom. The van der Waals surface area contributed by atoms with Crippen molar-refractivity contribution in [3.63, 3.8) is 0 Å². The van der Waals surface area contributed by atoms with E-state index < -0.39 is 0 Å². The molecule has 4 rings (SSSR count). The minimum atomic E-state index is -0.244. The lowest BCUT2D eigenvalue weighted by molar-refractivity contribution is -0.111. The Morgan fingerprint density at radius 1 is 1.15 bits per heavy atom. The van der Waals surface area contributed by atoms with E-state index in [1.54, 1.807) is 12.1 Å². The van der Waals surface area contributed by atoms with E-state index >= 15 is 0 Å². The summed E-state index contributed by atoms with van der Waals surface area (Å²) >= 11 is 6.28. The minimum absolute atomic E-state index is 0.244. The second-order valence-electron chi connectivity index (χ2n) is 8.07. The highest BCUT2D eigenvalue weighted by molar-refractivity contribution is 6.32. The molecule has 2 aromatic carbocycles. The van der Waals surface area contributed by atoms with E-state index in [2.05, 4.69) is 22.2 Å². The number of anilines is 2. The number of nitrogens with zero attached hydrogens (tertiary/aromatic N) is 4. The predicted molar refractivity (Wildman–Crippen MR) is 134 cm³/mol. The molecule has 1 fully saturated rings. The van der Waals surface area contributed by atoms with Gasteiger partial charge in [0.25, 0.3) is 0 Å². The molecule has 8 heteroatoms. The maximum absolute atomic E-state index is 12.5. The first-order chi connectivity index (χ1) is 15.9. The van der Waals surface area contributed by atoms with Crippen LogP contribution in [0.15, 0.2) is 42.5 Å². The SMILES string of the molecule is CCOc1ccc(C=CC(=O)Nc2ccc3nc(N4CCN(C)CC4)nc(C)c3c2)c(Cl)c1. The third kappa shape index (κ3) is 5.61. The van der Waals surface area contributed by atoms with Crippen molar-refractivity contribution in [3.05, 3.63) is 58.8 Å². The van der Waals surface area contributed by atoms with Gasteiger partial charge in [0.1, 0.15) is 5.75 Å². The second-order valence-corrected chi connectivity index (χ2v) is 8.48. The van der Waals surface area contributed by atoms with Crippen molar-refractivity contribution in [3.8, 4) is 5.75 Å². The molecule has 172 valence electrons. The largest absolute Gasteiger partial charge is 0.494 e. The zero-order chi connectivity index (χ0) is 23.4. The van der Waals surface area contributed by atoms with Crippen molar-refractivity contribution >= 4 is 46.1 Å². The monoisotopic (exact) mass is 465 g/mol. The topological polar surface area (TPSA) is 70.6 Å². The quantitative estimate of drug-likeness (QED) is 0.544. The first kappa shape index (κ1) is 23.0. The highest BCUT2D eigenvalue weighted by Crippen LogP contribution is 2.25. The molecule has 0 radical (unpaired) electrons. The zero-order valence-electron chi connectivity index (χ0n) is 19.1. The predicted octanol–water partition coefficient (Wildman–Crippen LogP) is 4.39. The number of carbonyl (C=O) groups excluding carboxylic acids is 1. The third-order valence-corrected chi connectivity index (χ3v) is 5.95. The summed E-state index contributed by atoms with van der Waals surface area (Å²) in [5, 5.41) is 4.35. The summed E-state index contributed by atoms with van der Waals surface area (Å²) in [6.07, 6.45) is 3.15. The molecule has 3 aromatic rings. The summed E-state index contributed by atoms with van der Waals surface area (Å²) in [6.45, 7) is 8.30. The van der Waals surface area contributed by atoms with Crippen LogP contribution in [0.4, 0.5) is 11.6 Å². The van der Waals surface area contributed by atoms with Gasteiger partial charge in [-0.15, -0.1) is 0 Å². The molecule has 2 heterocycles. The first-order valence-electron chi connectivity index (χ1n) is 11.1. The fourth-order valence-electron chi connectivity index (χ4n) is 3.74. The molecule has 1 amide bonds. The standard InChI is InChI=1S/C25H28ClN5O2/c1-4-33-20-8-5-18(22(26)16-20)6-10-24(32)28-19-7-9-23-21(15-19)17(2)27-25(29-23)31-13-11-30(3)12-14-31/h5-10,15-16H,4,11-14H2,1-3H3,(H,28,32). The number of hydrogen-bond donors (Lipinski definition) is 1. The lowest BCUT2D eigenvalue weighted by Crippen LogP contribution is -2.45. The van der Waals surface area contributed by atoms with E-state index in [9.17, 15) is 4.79 Å². The van der Waals surface area contributed by atoms with E-state index in [0.29, 0.717) is 23.1 Å². The molecule has 0 bridgehead atoms. The van der Waals surface area contributed by atoms with E-state index in [-0.39, 0.29) is 5.91 Å². The van der Waals surface area contributed by atoms with E-state index in [1.165, 1.54) is 6.08 Å². The van der Waals surface area contributed by atoms with Crippen LogP contribution < -0.4 is 15.0 Å². The van der Waals surface area contributed by atoms with Crippen molar-refractivity contribution in [2.24, 2.45) is 0 Å². The Hall–Kier alpha value is -3.16. The van der Waals surface area contributed by atoms with Crippen LogP contribution in [0.3, 0.4) is 0 Å². The molecule has 1 N–H and O–H groups in total. The molecule has 0 atom stereocenters. The fraction of sp³-hybridized carbons (Fsp3) is 0.320. The number of rotatable bonds is 6. The normalized spacial score (nSPS) is 14.7. The van der Waals surface area contributed by atoms with E-state index in [4.69, 9.17) is 26.3 Å². The molecule has 1 saturated heterocycles. The lowest BCUT2D eigenvalue weighted by Gasteiger charge is -2.32. The molecule has 1 aliphatic rings. The minimum Gasteiger partial charge on any atom is -0.494 e. The number of benzene rings is 2. The highest BCUT2D eigenvalue weighted by Gasteiger charge is 2.17. The summed E-state index contributed by atoms with van der Waals surface area (Å²) in [5.74, 6) is 1.22. The number of nitrogens with one attached hydrogen (secondary N) is 1. The summed E-state index contributed by atoms with van der Waals surface area (Å²) in [6, 6.07) is 11.1. The third-order valence-electron chi connectivity index (χ3n) is 5.63. The number of aromatic nitrogens is 2. The molecule has 0 saturated carbocycles. The number of halogens is 1. The van der Waals surface area contributed by atoms with Gasteiger partial charge in [-0.1, -0.05) is 11.6 Å². The summed E-state index contributed by atoms with van der Waals surface area (Å²) in [7, 11) is 2.13. The summed E-state index contributed by atoms with van der Waals surface area (Å²) in [5.41, 5.74) is 3.19. The van der Waals surface area contributed by atoms with Gasteiger partial charge in [-0.2, -0.15) is 0 Å². The second kappa shape index (κ2) is 10.2. The van der Waals surface area contributed by atoms with Crippen molar-refractivity contribution in [2.45, 2.75) is 13.8 Å². The highest BCUT2D eigenvalue weighted by atomic mass is 35.5. The number of aryl methyl sites for hydroxylation is 1. The van der Waals surface area contributed by atoms with Crippen LogP contribution in [0.2, 0.25) is 5.02 Å². The molecule has 1 aromatic heterocycles. The average Bonchev–Trinajstić information content (AvgIpc) is 2.79. The maximum atomic E-state index is 12.5. The molecule has 0 spiro atoms. The van der Waals surface area contributed by atoms with Crippen LogP contribution in [0.5, 0.6) is 5.75 Å². The number of likely N-dealkylation sites (N-methyl/N-ethyl adjacent to an activating group) is 1. The lowest BCUT2D eigenvalue weighted by atomic mass is 10.1. The Labute approximate surface area is 199 Å². The van der Waals surface area contributed by atoms with E-state index in [0.717, 1.165) is 54.3 Å². The number of carbonyl (C=O) groups is 1. The number of ether oxygens (including phenoxy) is 1. The zero-order valence-corrected chi connectivity index (χ0v) is 19.9. The number of hydrogen-bond acceptors (Lipinski definition) is 6. The van der Waals surface area contributed by atoms with Crippen molar-refractivity contribution < 1.29 is 9.53 Å². The van der Waals surface area contributed by atoms with Gasteiger partial charge < -0.3 is 19.9 Å². The fourth-order valence-corrected chi connectivity index (χ4v) is 3.97. The van der Waals surface area contributed by atoms with Crippen LogP contribution in [0.1, 0.15) is 18.2 Å². The Balaban J connectivity index is 1.46. The smallest absolute Gasteiger partial charge is 0.248 e. The Bertz CT molecular complexity index is 1190. The van der Waals surface area contributed by atoms with Crippen LogP contribution >= 0.6 is 11.6 Å². The molecule has 0 unspecified atom stereocenters. The molecule has 0 aliphatic carbocycles. The molecule has 1 aliphatic heterocycles. The van der Waals surface area contributed by atoms with Gasteiger partial charge in [-0.25, -0.2) is 9.97 Å². The molecule has 33 heavy (non-hydrogen) atoms. The van der Waals surface area contributed by atoms with Gasteiger partial charge >= 0.3 is 0 Å². The van der Waals surface area contributed by atoms with Gasteiger partial charge in [0.2, 0.25) is 11.9 Å². The summed E-state index contributed by atoms with van der Waals surface area (Å²) < 4.78 is 5.43. The van der Waals surface area contributed by atoms with Gasteiger partial charge in [-0.3, -0.25) is 4.79 Å². The van der Waals surface area contributed by atoms with E-state index in [1.807, 2.05) is 44.2 Å². The molecular weight excluding hydrogens is 438 g/mol. The Kier molecular flexibility index (Phi) is 7.11. The van der Waals surface area contributed by atoms with Crippen molar-refractivity contribution in [1.82, 2.24) is 14.9 Å². The van der Waals surface area contributed by atoms with Crippen LogP contribution in [-0.4, -0.2) is 60.6 Å². The molecular formula is C25H28ClN5O2. The van der Waals surface area contributed by atoms with Gasteiger partial charge in [0.05, 0.1) is 22.8 Å². The van der Waals surface area contributed by atoms with Gasteiger partial charge in [-0.05, 0) is 68.9 Å². The molecule has 7 nitrogen and oxygen atoms in total. The average molecular weight is 466 g/mol. The first-order valence-corrected chi connectivity index (χ1v) is 11.4. The van der Waals surface area contributed by atoms with Crippen LogP contribution in [-0.2, 0) is 4.79 Å². The van der Waals surface area contributed by atoms with Crippen molar-refractivity contribution in [1.29, 1.82) is 0 Å². The van der Waals surface area contributed by atoms with Gasteiger partial charge in [0, 0.05) is 43.3 Å². The number of amides is 1. The Morgan fingerprint density at radius 2 is 1.94 bits per heavy atom. The number of fused-ring (bicyclic) bond motifs is 1. The van der Waals surface area contributed by atoms with Gasteiger partial charge in [0.15, 0.2) is 0 Å². The maximum Gasteiger partial charge on any atom is 0.248 e. The van der Waals surface area contributed by atoms with Crippen LogP contribution in [0.25, 0.3) is 17.0 Å². The van der Waals surface area contributed by atoms with Crippen LogP contribution in [0, 0.1) is 6.92 Å².